The first-order valence-corrected chi connectivity index (χ1v) is 14.2. The van der Waals surface area contributed by atoms with Crippen molar-refractivity contribution >= 4 is 5.91 Å². The number of aromatic nitrogens is 2. The summed E-state index contributed by atoms with van der Waals surface area (Å²) in [6.45, 7) is 5.90. The van der Waals surface area contributed by atoms with Crippen molar-refractivity contribution in [3.63, 3.8) is 0 Å². The summed E-state index contributed by atoms with van der Waals surface area (Å²) >= 11 is 0. The van der Waals surface area contributed by atoms with E-state index in [4.69, 9.17) is 4.74 Å². The van der Waals surface area contributed by atoms with Crippen LogP contribution in [0, 0.1) is 23.1 Å². The van der Waals surface area contributed by atoms with Crippen molar-refractivity contribution in [2.75, 3.05) is 26.3 Å². The number of nitrogens with zero attached hydrogens (tertiary/aromatic N) is 2. The number of hydrogen-bond donors (Lipinski definition) is 1. The predicted molar refractivity (Wildman–Crippen MR) is 135 cm³/mol. The van der Waals surface area contributed by atoms with Crippen LogP contribution in [0.2, 0.25) is 0 Å². The zero-order valence-corrected chi connectivity index (χ0v) is 21.4. The lowest BCUT2D eigenvalue weighted by Gasteiger charge is -2.50. The van der Waals surface area contributed by atoms with E-state index >= 15 is 0 Å². The van der Waals surface area contributed by atoms with Gasteiger partial charge in [0, 0.05) is 43.8 Å². The lowest BCUT2D eigenvalue weighted by atomic mass is 9.53. The van der Waals surface area contributed by atoms with Gasteiger partial charge in [-0.2, -0.15) is 5.10 Å². The highest BCUT2D eigenvalue weighted by Crippen LogP contribution is 2.64. The number of fused-ring (bicyclic) bond motifs is 7. The Kier molecular flexibility index (Phi) is 5.36. The highest BCUT2D eigenvalue weighted by Gasteiger charge is 2.58. The molecule has 5 atom stereocenters. The van der Waals surface area contributed by atoms with Gasteiger partial charge in [-0.3, -0.25) is 9.89 Å². The molecule has 7 rings (SSSR count). The number of carbonyl (C=O) groups is 1. The summed E-state index contributed by atoms with van der Waals surface area (Å²) in [4.78, 5) is 15.6. The molecular weight excluding hydrogens is 453 g/mol. The minimum atomic E-state index is -0.0322. The molecule has 6 heteroatoms. The highest BCUT2D eigenvalue weighted by molar-refractivity contribution is 5.76. The van der Waals surface area contributed by atoms with Gasteiger partial charge in [0.1, 0.15) is 5.82 Å². The quantitative estimate of drug-likeness (QED) is 0.620. The van der Waals surface area contributed by atoms with Gasteiger partial charge in [-0.15, -0.1) is 0 Å². The minimum Gasteiger partial charge on any atom is -0.381 e. The van der Waals surface area contributed by atoms with Gasteiger partial charge in [0.15, 0.2) is 0 Å². The number of H-pyrrole nitrogens is 1. The van der Waals surface area contributed by atoms with E-state index in [1.807, 2.05) is 12.3 Å². The molecule has 3 heterocycles. The van der Waals surface area contributed by atoms with E-state index in [1.165, 1.54) is 16.8 Å². The van der Waals surface area contributed by atoms with Crippen molar-refractivity contribution < 1.29 is 13.9 Å². The molecule has 0 bridgehead atoms. The number of hydrogen-bond acceptors (Lipinski definition) is 3. The lowest BCUT2D eigenvalue weighted by molar-refractivity contribution is -0.131. The van der Waals surface area contributed by atoms with Crippen LogP contribution in [0.15, 0.2) is 24.4 Å². The SMILES string of the molecule is C[C@]12CCC3c4cccc(F)c4CCC3C1[C@H](CCC(=O)N1CCC3(CCOCC3)C1)c1cn[nH]c12. The fourth-order valence-corrected chi connectivity index (χ4v) is 9.22. The Hall–Kier alpha value is -2.21. The van der Waals surface area contributed by atoms with Gasteiger partial charge in [0.25, 0.3) is 0 Å². The molecule has 2 aliphatic heterocycles. The molecule has 192 valence electrons. The minimum absolute atomic E-state index is 0.0322. The van der Waals surface area contributed by atoms with E-state index in [2.05, 4.69) is 28.1 Å². The predicted octanol–water partition coefficient (Wildman–Crippen LogP) is 5.47. The summed E-state index contributed by atoms with van der Waals surface area (Å²) in [5.74, 6) is 2.05. The number of amides is 1. The van der Waals surface area contributed by atoms with Crippen LogP contribution in [0.4, 0.5) is 4.39 Å². The molecule has 2 saturated heterocycles. The normalized spacial score (nSPS) is 34.2. The molecular formula is C30H38FN3O2. The van der Waals surface area contributed by atoms with Gasteiger partial charge >= 0.3 is 0 Å². The summed E-state index contributed by atoms with van der Waals surface area (Å²) in [5.41, 5.74) is 5.18. The third-order valence-electron chi connectivity index (χ3n) is 11.1. The molecule has 5 nitrogen and oxygen atoms in total. The molecule has 1 aromatic heterocycles. The topological polar surface area (TPSA) is 58.2 Å². The van der Waals surface area contributed by atoms with E-state index in [0.717, 1.165) is 83.2 Å². The maximum absolute atomic E-state index is 14.6. The third-order valence-corrected chi connectivity index (χ3v) is 11.1. The molecule has 1 saturated carbocycles. The van der Waals surface area contributed by atoms with Crippen molar-refractivity contribution in [2.45, 2.75) is 82.0 Å². The molecule has 1 N–H and O–H groups in total. The molecule has 1 aromatic carbocycles. The number of rotatable bonds is 3. The Morgan fingerprint density at radius 2 is 2.06 bits per heavy atom. The van der Waals surface area contributed by atoms with Crippen LogP contribution >= 0.6 is 0 Å². The van der Waals surface area contributed by atoms with E-state index < -0.39 is 0 Å². The summed E-state index contributed by atoms with van der Waals surface area (Å²) < 4.78 is 20.2. The van der Waals surface area contributed by atoms with Crippen molar-refractivity contribution in [2.24, 2.45) is 17.3 Å². The average molecular weight is 492 g/mol. The summed E-state index contributed by atoms with van der Waals surface area (Å²) in [6, 6.07) is 5.68. The van der Waals surface area contributed by atoms with Crippen molar-refractivity contribution in [1.29, 1.82) is 0 Å². The molecule has 3 unspecified atom stereocenters. The highest BCUT2D eigenvalue weighted by atomic mass is 19.1. The van der Waals surface area contributed by atoms with Crippen LogP contribution in [0.1, 0.15) is 92.5 Å². The molecule has 2 aromatic rings. The molecule has 1 amide bonds. The van der Waals surface area contributed by atoms with E-state index in [9.17, 15) is 9.18 Å². The van der Waals surface area contributed by atoms with Crippen LogP contribution in [-0.4, -0.2) is 47.3 Å². The summed E-state index contributed by atoms with van der Waals surface area (Å²) in [7, 11) is 0. The Labute approximate surface area is 213 Å². The second kappa shape index (κ2) is 8.41. The third kappa shape index (κ3) is 3.35. The first-order valence-electron chi connectivity index (χ1n) is 14.2. The maximum Gasteiger partial charge on any atom is 0.222 e. The van der Waals surface area contributed by atoms with Crippen molar-refractivity contribution in [3.8, 4) is 0 Å². The maximum atomic E-state index is 14.6. The van der Waals surface area contributed by atoms with Crippen molar-refractivity contribution in [1.82, 2.24) is 15.1 Å². The van der Waals surface area contributed by atoms with Crippen LogP contribution < -0.4 is 0 Å². The monoisotopic (exact) mass is 491 g/mol. The number of benzene rings is 1. The summed E-state index contributed by atoms with van der Waals surface area (Å²) in [6.07, 6.45) is 10.9. The van der Waals surface area contributed by atoms with Crippen LogP contribution in [0.3, 0.4) is 0 Å². The van der Waals surface area contributed by atoms with Gasteiger partial charge < -0.3 is 9.64 Å². The number of nitrogens with one attached hydrogen (secondary N) is 1. The van der Waals surface area contributed by atoms with Gasteiger partial charge in [-0.05, 0) is 103 Å². The first-order chi connectivity index (χ1) is 17.5. The van der Waals surface area contributed by atoms with Crippen LogP contribution in [-0.2, 0) is 21.4 Å². The Bertz CT molecular complexity index is 1170. The fraction of sp³-hybridized carbons (Fsp3) is 0.667. The number of aromatic amines is 1. The van der Waals surface area contributed by atoms with E-state index in [1.54, 1.807) is 6.07 Å². The smallest absolute Gasteiger partial charge is 0.222 e. The Morgan fingerprint density at radius 3 is 2.92 bits per heavy atom. The van der Waals surface area contributed by atoms with Gasteiger partial charge in [-0.25, -0.2) is 4.39 Å². The number of likely N-dealkylation sites (tertiary alicyclic amines) is 1. The van der Waals surface area contributed by atoms with E-state index in [0.29, 0.717) is 41.4 Å². The van der Waals surface area contributed by atoms with Gasteiger partial charge in [0.05, 0.1) is 6.20 Å². The van der Waals surface area contributed by atoms with Crippen molar-refractivity contribution in [3.05, 3.63) is 52.6 Å². The zero-order valence-electron chi connectivity index (χ0n) is 21.4. The van der Waals surface area contributed by atoms with Gasteiger partial charge in [-0.1, -0.05) is 19.1 Å². The second-order valence-electron chi connectivity index (χ2n) is 12.6. The number of ether oxygens (including phenoxy) is 1. The largest absolute Gasteiger partial charge is 0.381 e. The molecule has 0 radical (unpaired) electrons. The molecule has 3 aliphatic carbocycles. The van der Waals surface area contributed by atoms with E-state index in [-0.39, 0.29) is 11.2 Å². The number of carbonyl (C=O) groups excluding carboxylic acids is 1. The van der Waals surface area contributed by atoms with Crippen LogP contribution in [0.5, 0.6) is 0 Å². The average Bonchev–Trinajstić information content (AvgIpc) is 3.59. The molecule has 36 heavy (non-hydrogen) atoms. The summed E-state index contributed by atoms with van der Waals surface area (Å²) in [5, 5.41) is 7.84. The molecule has 3 fully saturated rings. The number of halogens is 1. The lowest BCUT2D eigenvalue weighted by Crippen LogP contribution is -2.45. The Balaban J connectivity index is 1.13. The van der Waals surface area contributed by atoms with Crippen LogP contribution in [0.25, 0.3) is 0 Å². The Morgan fingerprint density at radius 1 is 1.19 bits per heavy atom. The molecule has 5 aliphatic rings. The standard InChI is InChI=1S/C30H38FN3O2/c1-29-10-9-20-19-3-2-4-25(31)21(19)5-6-22(20)27(29)23(24-17-32-33-28(24)29)7-8-26(35)34-14-11-30(18-34)12-15-36-16-13-30/h2-4,17,20,22-23,27H,5-16,18H2,1H3,(H,32,33)/t20?,22?,23-,27?,29+/m1/s1. The zero-order chi connectivity index (χ0) is 24.5. The first kappa shape index (κ1) is 22.9. The molecule has 1 spiro atoms. The second-order valence-corrected chi connectivity index (χ2v) is 12.6. The fourth-order valence-electron chi connectivity index (χ4n) is 9.22. The van der Waals surface area contributed by atoms with Gasteiger partial charge in [0.2, 0.25) is 5.91 Å².